The van der Waals surface area contributed by atoms with Crippen LogP contribution in [0.4, 0.5) is 0 Å². The third-order valence-electron chi connectivity index (χ3n) is 4.92. The standard InChI is InChI=1S/C16H32N2O2/c1-5-18(6-2)12-11-17-16(15(19)20)10-8-7-9-14(16)13(3)4/h13-14,17H,5-12H2,1-4H3,(H,19,20). The normalized spacial score (nSPS) is 27.2. The highest BCUT2D eigenvalue weighted by Gasteiger charge is 2.47. The second-order valence-corrected chi connectivity index (χ2v) is 6.33. The molecule has 0 spiro atoms. The maximum atomic E-state index is 11.9. The van der Waals surface area contributed by atoms with E-state index in [0.717, 1.165) is 51.9 Å². The summed E-state index contributed by atoms with van der Waals surface area (Å²) in [6.45, 7) is 12.3. The summed E-state index contributed by atoms with van der Waals surface area (Å²) in [6, 6.07) is 0. The van der Waals surface area contributed by atoms with Crippen molar-refractivity contribution in [2.24, 2.45) is 11.8 Å². The van der Waals surface area contributed by atoms with E-state index in [1.54, 1.807) is 0 Å². The van der Waals surface area contributed by atoms with Crippen LogP contribution in [0.15, 0.2) is 0 Å². The van der Waals surface area contributed by atoms with Crippen LogP contribution in [0.5, 0.6) is 0 Å². The number of carboxylic acid groups (broad SMARTS) is 1. The Morgan fingerprint density at radius 2 is 2.00 bits per heavy atom. The van der Waals surface area contributed by atoms with Crippen molar-refractivity contribution < 1.29 is 9.90 Å². The number of likely N-dealkylation sites (N-methyl/N-ethyl adjacent to an activating group) is 1. The van der Waals surface area contributed by atoms with Crippen LogP contribution in [0.2, 0.25) is 0 Å². The van der Waals surface area contributed by atoms with Gasteiger partial charge in [-0.15, -0.1) is 0 Å². The molecule has 0 saturated heterocycles. The molecule has 0 aromatic heterocycles. The van der Waals surface area contributed by atoms with Crippen molar-refractivity contribution in [2.45, 2.75) is 58.9 Å². The van der Waals surface area contributed by atoms with Gasteiger partial charge in [0, 0.05) is 13.1 Å². The minimum Gasteiger partial charge on any atom is -0.480 e. The van der Waals surface area contributed by atoms with Gasteiger partial charge >= 0.3 is 5.97 Å². The summed E-state index contributed by atoms with van der Waals surface area (Å²) in [5, 5.41) is 13.2. The number of hydrogen-bond acceptors (Lipinski definition) is 3. The highest BCUT2D eigenvalue weighted by atomic mass is 16.4. The van der Waals surface area contributed by atoms with Crippen LogP contribution in [0.25, 0.3) is 0 Å². The van der Waals surface area contributed by atoms with E-state index in [2.05, 4.69) is 37.9 Å². The fourth-order valence-corrected chi connectivity index (χ4v) is 3.64. The first kappa shape index (κ1) is 17.4. The molecule has 4 nitrogen and oxygen atoms in total. The van der Waals surface area contributed by atoms with Gasteiger partial charge in [-0.2, -0.15) is 0 Å². The number of nitrogens with one attached hydrogen (secondary N) is 1. The summed E-state index contributed by atoms with van der Waals surface area (Å²) < 4.78 is 0. The zero-order valence-electron chi connectivity index (χ0n) is 13.6. The Hall–Kier alpha value is -0.610. The van der Waals surface area contributed by atoms with Gasteiger partial charge in [-0.3, -0.25) is 4.79 Å². The van der Waals surface area contributed by atoms with Gasteiger partial charge in [0.2, 0.25) is 0 Å². The van der Waals surface area contributed by atoms with Gasteiger partial charge in [0.25, 0.3) is 0 Å². The molecule has 1 rings (SSSR count). The van der Waals surface area contributed by atoms with E-state index in [9.17, 15) is 9.90 Å². The van der Waals surface area contributed by atoms with Crippen molar-refractivity contribution in [3.63, 3.8) is 0 Å². The number of hydrogen-bond donors (Lipinski definition) is 2. The Kier molecular flexibility index (Phi) is 6.96. The Morgan fingerprint density at radius 1 is 1.35 bits per heavy atom. The first-order valence-corrected chi connectivity index (χ1v) is 8.18. The van der Waals surface area contributed by atoms with Crippen LogP contribution >= 0.6 is 0 Å². The topological polar surface area (TPSA) is 52.6 Å². The van der Waals surface area contributed by atoms with Gasteiger partial charge in [0.15, 0.2) is 0 Å². The Labute approximate surface area is 123 Å². The second kappa shape index (κ2) is 7.99. The van der Waals surface area contributed by atoms with Crippen LogP contribution in [0.3, 0.4) is 0 Å². The SMILES string of the molecule is CCN(CC)CCNC1(C(=O)O)CCCCC1C(C)C. The third kappa shape index (κ3) is 3.95. The maximum absolute atomic E-state index is 11.9. The molecule has 1 aliphatic carbocycles. The molecule has 1 fully saturated rings. The molecule has 2 atom stereocenters. The Balaban J connectivity index is 2.72. The largest absolute Gasteiger partial charge is 0.480 e. The first-order chi connectivity index (χ1) is 9.47. The van der Waals surface area contributed by atoms with Crippen molar-refractivity contribution in [1.82, 2.24) is 10.2 Å². The molecule has 0 radical (unpaired) electrons. The van der Waals surface area contributed by atoms with E-state index in [1.807, 2.05) is 0 Å². The van der Waals surface area contributed by atoms with Crippen LogP contribution in [-0.4, -0.2) is 47.7 Å². The van der Waals surface area contributed by atoms with Crippen LogP contribution in [0.1, 0.15) is 53.4 Å². The maximum Gasteiger partial charge on any atom is 0.324 e. The average Bonchev–Trinajstić information content (AvgIpc) is 2.43. The van der Waals surface area contributed by atoms with E-state index in [-0.39, 0.29) is 5.92 Å². The molecular formula is C16H32N2O2. The molecule has 4 heteroatoms. The number of carbonyl (C=O) groups is 1. The van der Waals surface area contributed by atoms with Crippen molar-refractivity contribution in [2.75, 3.05) is 26.2 Å². The highest BCUT2D eigenvalue weighted by Crippen LogP contribution is 2.38. The van der Waals surface area contributed by atoms with E-state index in [1.165, 1.54) is 0 Å². The molecule has 1 aliphatic rings. The smallest absolute Gasteiger partial charge is 0.324 e. The van der Waals surface area contributed by atoms with Crippen LogP contribution < -0.4 is 5.32 Å². The van der Waals surface area contributed by atoms with E-state index in [0.29, 0.717) is 5.92 Å². The molecular weight excluding hydrogens is 252 g/mol. The summed E-state index contributed by atoms with van der Waals surface area (Å²) in [4.78, 5) is 14.3. The molecule has 2 unspecified atom stereocenters. The summed E-state index contributed by atoms with van der Waals surface area (Å²) in [5.74, 6) is -0.00625. The number of nitrogens with zero attached hydrogens (tertiary/aromatic N) is 1. The van der Waals surface area contributed by atoms with E-state index in [4.69, 9.17) is 0 Å². The van der Waals surface area contributed by atoms with Gasteiger partial charge in [-0.25, -0.2) is 0 Å². The van der Waals surface area contributed by atoms with Gasteiger partial charge in [-0.05, 0) is 37.8 Å². The highest BCUT2D eigenvalue weighted by molar-refractivity contribution is 5.79. The Morgan fingerprint density at radius 3 is 2.50 bits per heavy atom. The fourth-order valence-electron chi connectivity index (χ4n) is 3.64. The summed E-state index contributed by atoms with van der Waals surface area (Å²) in [6.07, 6.45) is 3.98. The minimum absolute atomic E-state index is 0.241. The molecule has 0 amide bonds. The van der Waals surface area contributed by atoms with Crippen molar-refractivity contribution in [3.8, 4) is 0 Å². The lowest BCUT2D eigenvalue weighted by molar-refractivity contribution is -0.150. The molecule has 1 saturated carbocycles. The first-order valence-electron chi connectivity index (χ1n) is 8.18. The molecule has 2 N–H and O–H groups in total. The van der Waals surface area contributed by atoms with E-state index >= 15 is 0 Å². The van der Waals surface area contributed by atoms with Crippen LogP contribution in [-0.2, 0) is 4.79 Å². The molecule has 118 valence electrons. The molecule has 20 heavy (non-hydrogen) atoms. The molecule has 0 aliphatic heterocycles. The molecule has 0 heterocycles. The minimum atomic E-state index is -0.709. The average molecular weight is 284 g/mol. The Bertz CT molecular complexity index is 303. The predicted octanol–water partition coefficient (Wildman–Crippen LogP) is 2.59. The monoisotopic (exact) mass is 284 g/mol. The zero-order chi connectivity index (χ0) is 15.2. The predicted molar refractivity (Wildman–Crippen MR) is 83.0 cm³/mol. The zero-order valence-corrected chi connectivity index (χ0v) is 13.6. The number of carboxylic acids is 1. The lowest BCUT2D eigenvalue weighted by atomic mass is 9.68. The van der Waals surface area contributed by atoms with Crippen molar-refractivity contribution in [1.29, 1.82) is 0 Å². The van der Waals surface area contributed by atoms with Crippen LogP contribution in [0, 0.1) is 11.8 Å². The van der Waals surface area contributed by atoms with Gasteiger partial charge in [0.05, 0.1) is 0 Å². The quantitative estimate of drug-likeness (QED) is 0.719. The van der Waals surface area contributed by atoms with Gasteiger partial charge in [0.1, 0.15) is 5.54 Å². The van der Waals surface area contributed by atoms with Gasteiger partial charge < -0.3 is 15.3 Å². The fraction of sp³-hybridized carbons (Fsp3) is 0.938. The molecule has 0 aromatic carbocycles. The number of rotatable bonds is 8. The third-order valence-corrected chi connectivity index (χ3v) is 4.92. The summed E-state index contributed by atoms with van der Waals surface area (Å²) in [5.41, 5.74) is -0.709. The lowest BCUT2D eigenvalue weighted by Gasteiger charge is -2.44. The number of aliphatic carboxylic acids is 1. The van der Waals surface area contributed by atoms with E-state index < -0.39 is 11.5 Å². The van der Waals surface area contributed by atoms with Gasteiger partial charge in [-0.1, -0.05) is 40.5 Å². The van der Waals surface area contributed by atoms with Crippen molar-refractivity contribution >= 4 is 5.97 Å². The lowest BCUT2D eigenvalue weighted by Crippen LogP contribution is -2.61. The van der Waals surface area contributed by atoms with Crippen molar-refractivity contribution in [3.05, 3.63) is 0 Å². The molecule has 0 bridgehead atoms. The molecule has 0 aromatic rings. The summed E-state index contributed by atoms with van der Waals surface area (Å²) in [7, 11) is 0. The second-order valence-electron chi connectivity index (χ2n) is 6.33. The summed E-state index contributed by atoms with van der Waals surface area (Å²) >= 11 is 0.